The minimum absolute atomic E-state index is 0.189. The van der Waals surface area contributed by atoms with Gasteiger partial charge in [0.05, 0.1) is 19.3 Å². The predicted octanol–water partition coefficient (Wildman–Crippen LogP) is 2.24. The molecule has 1 N–H and O–H groups in total. The van der Waals surface area contributed by atoms with Gasteiger partial charge in [-0.25, -0.2) is 0 Å². The van der Waals surface area contributed by atoms with Crippen molar-refractivity contribution in [2.24, 2.45) is 5.92 Å². The first-order valence-electron chi connectivity index (χ1n) is 7.59. The largest absolute Gasteiger partial charge is 0.379 e. The van der Waals surface area contributed by atoms with E-state index in [2.05, 4.69) is 10.2 Å². The minimum atomic E-state index is 0.189. The Kier molecular flexibility index (Phi) is 4.78. The molecule has 114 valence electrons. The van der Waals surface area contributed by atoms with Gasteiger partial charge in [0.15, 0.2) is 0 Å². The second kappa shape index (κ2) is 6.77. The first-order chi connectivity index (χ1) is 10.2. The second-order valence-electron chi connectivity index (χ2n) is 5.74. The summed E-state index contributed by atoms with van der Waals surface area (Å²) >= 11 is 5.98. The molecule has 0 aromatic heterocycles. The molecular weight excluding hydrogens is 288 g/mol. The molecule has 3 rings (SSSR count). The molecular formula is C16H21ClN2O2. The summed E-state index contributed by atoms with van der Waals surface area (Å²) in [4.78, 5) is 14.3. The highest BCUT2D eigenvalue weighted by Gasteiger charge is 2.30. The van der Waals surface area contributed by atoms with Crippen LogP contribution in [0.4, 0.5) is 0 Å². The Morgan fingerprint density at radius 3 is 2.57 bits per heavy atom. The van der Waals surface area contributed by atoms with Crippen LogP contribution in [0, 0.1) is 5.92 Å². The third kappa shape index (κ3) is 3.96. The Hall–Kier alpha value is -1.10. The maximum absolute atomic E-state index is 11.9. The van der Waals surface area contributed by atoms with E-state index in [1.807, 2.05) is 24.3 Å². The topological polar surface area (TPSA) is 41.6 Å². The Labute approximate surface area is 130 Å². The SMILES string of the molecule is O=C(NCC(c1ccc(Cl)cc1)N1CCOCC1)C1CC1. The van der Waals surface area contributed by atoms with Crippen molar-refractivity contribution in [1.29, 1.82) is 0 Å². The van der Waals surface area contributed by atoms with Gasteiger partial charge in [0.25, 0.3) is 0 Å². The molecule has 0 bridgehead atoms. The molecule has 1 aliphatic carbocycles. The van der Waals surface area contributed by atoms with E-state index in [9.17, 15) is 4.79 Å². The number of carbonyl (C=O) groups excluding carboxylic acids is 1. The Morgan fingerprint density at radius 2 is 1.95 bits per heavy atom. The lowest BCUT2D eigenvalue weighted by Crippen LogP contribution is -2.44. The summed E-state index contributed by atoms with van der Waals surface area (Å²) in [6, 6.07) is 8.10. The number of amides is 1. The minimum Gasteiger partial charge on any atom is -0.379 e. The van der Waals surface area contributed by atoms with Crippen LogP contribution in [-0.2, 0) is 9.53 Å². The number of rotatable bonds is 5. The summed E-state index contributed by atoms with van der Waals surface area (Å²) in [5, 5.41) is 3.84. The maximum Gasteiger partial charge on any atom is 0.223 e. The van der Waals surface area contributed by atoms with E-state index in [1.165, 1.54) is 5.56 Å². The van der Waals surface area contributed by atoms with Crippen LogP contribution in [0.1, 0.15) is 24.4 Å². The third-order valence-electron chi connectivity index (χ3n) is 4.16. The van der Waals surface area contributed by atoms with E-state index in [1.54, 1.807) is 0 Å². The van der Waals surface area contributed by atoms with Crippen LogP contribution in [0.5, 0.6) is 0 Å². The normalized spacial score (nSPS) is 21.0. The number of ether oxygens (including phenoxy) is 1. The van der Waals surface area contributed by atoms with E-state index in [0.717, 1.165) is 44.2 Å². The number of morpholine rings is 1. The van der Waals surface area contributed by atoms with E-state index >= 15 is 0 Å². The van der Waals surface area contributed by atoms with Crippen LogP contribution in [-0.4, -0.2) is 43.7 Å². The highest BCUT2D eigenvalue weighted by Crippen LogP contribution is 2.29. The number of halogens is 1. The van der Waals surface area contributed by atoms with Crippen molar-refractivity contribution >= 4 is 17.5 Å². The zero-order valence-corrected chi connectivity index (χ0v) is 12.8. The van der Waals surface area contributed by atoms with Crippen LogP contribution in [0.2, 0.25) is 5.02 Å². The Bertz CT molecular complexity index is 482. The summed E-state index contributed by atoms with van der Waals surface area (Å²) in [6.45, 7) is 3.94. The first-order valence-corrected chi connectivity index (χ1v) is 7.97. The number of nitrogens with one attached hydrogen (secondary N) is 1. The second-order valence-corrected chi connectivity index (χ2v) is 6.17. The molecule has 1 unspecified atom stereocenters. The molecule has 5 heteroatoms. The quantitative estimate of drug-likeness (QED) is 0.907. The fourth-order valence-corrected chi connectivity index (χ4v) is 2.84. The van der Waals surface area contributed by atoms with Crippen molar-refractivity contribution in [3.63, 3.8) is 0 Å². The van der Waals surface area contributed by atoms with Gasteiger partial charge in [-0.3, -0.25) is 9.69 Å². The van der Waals surface area contributed by atoms with Gasteiger partial charge in [-0.15, -0.1) is 0 Å². The van der Waals surface area contributed by atoms with Crippen molar-refractivity contribution in [3.8, 4) is 0 Å². The van der Waals surface area contributed by atoms with Crippen LogP contribution in [0.25, 0.3) is 0 Å². The smallest absolute Gasteiger partial charge is 0.223 e. The molecule has 1 atom stereocenters. The molecule has 1 saturated carbocycles. The van der Waals surface area contributed by atoms with Gasteiger partial charge < -0.3 is 10.1 Å². The van der Waals surface area contributed by atoms with Crippen LogP contribution < -0.4 is 5.32 Å². The predicted molar refractivity (Wildman–Crippen MR) is 82.3 cm³/mol. The molecule has 21 heavy (non-hydrogen) atoms. The summed E-state index contributed by atoms with van der Waals surface area (Å²) in [5.41, 5.74) is 1.19. The van der Waals surface area contributed by atoms with Crippen molar-refractivity contribution < 1.29 is 9.53 Å². The zero-order valence-electron chi connectivity index (χ0n) is 12.1. The lowest BCUT2D eigenvalue weighted by atomic mass is 10.0. The monoisotopic (exact) mass is 308 g/mol. The number of nitrogens with zero attached hydrogens (tertiary/aromatic N) is 1. The fraction of sp³-hybridized carbons (Fsp3) is 0.562. The molecule has 1 saturated heterocycles. The lowest BCUT2D eigenvalue weighted by molar-refractivity contribution is -0.122. The fourth-order valence-electron chi connectivity index (χ4n) is 2.72. The summed E-state index contributed by atoms with van der Waals surface area (Å²) in [7, 11) is 0. The lowest BCUT2D eigenvalue weighted by Gasteiger charge is -2.35. The molecule has 0 spiro atoms. The Balaban J connectivity index is 1.69. The van der Waals surface area contributed by atoms with Gasteiger partial charge in [-0.1, -0.05) is 23.7 Å². The molecule has 1 amide bonds. The standard InChI is InChI=1S/C16H21ClN2O2/c17-14-5-3-12(4-6-14)15(19-7-9-21-10-8-19)11-18-16(20)13-1-2-13/h3-6,13,15H,1-2,7-11H2,(H,18,20). The zero-order chi connectivity index (χ0) is 14.7. The molecule has 2 fully saturated rings. The molecule has 2 aliphatic rings. The average Bonchev–Trinajstić information content (AvgIpc) is 3.35. The van der Waals surface area contributed by atoms with Crippen LogP contribution in [0.3, 0.4) is 0 Å². The summed E-state index contributed by atoms with van der Waals surface area (Å²) in [5.74, 6) is 0.447. The number of hydrogen-bond donors (Lipinski definition) is 1. The van der Waals surface area contributed by atoms with Crippen LogP contribution >= 0.6 is 11.6 Å². The third-order valence-corrected chi connectivity index (χ3v) is 4.41. The van der Waals surface area contributed by atoms with Crippen LogP contribution in [0.15, 0.2) is 24.3 Å². The van der Waals surface area contributed by atoms with Crippen molar-refractivity contribution in [3.05, 3.63) is 34.9 Å². The van der Waals surface area contributed by atoms with Crippen molar-refractivity contribution in [2.45, 2.75) is 18.9 Å². The Morgan fingerprint density at radius 1 is 1.29 bits per heavy atom. The number of benzene rings is 1. The van der Waals surface area contributed by atoms with Crippen molar-refractivity contribution in [1.82, 2.24) is 10.2 Å². The summed E-state index contributed by atoms with van der Waals surface area (Å²) < 4.78 is 5.43. The molecule has 4 nitrogen and oxygen atoms in total. The maximum atomic E-state index is 11.9. The van der Waals surface area contributed by atoms with E-state index in [0.29, 0.717) is 6.54 Å². The molecule has 1 aromatic carbocycles. The molecule has 1 heterocycles. The highest BCUT2D eigenvalue weighted by atomic mass is 35.5. The molecule has 1 aliphatic heterocycles. The highest BCUT2D eigenvalue weighted by molar-refractivity contribution is 6.30. The average molecular weight is 309 g/mol. The molecule has 1 aromatic rings. The van der Waals surface area contributed by atoms with Gasteiger partial charge in [0.2, 0.25) is 5.91 Å². The first kappa shape index (κ1) is 14.8. The molecule has 0 radical (unpaired) electrons. The van der Waals surface area contributed by atoms with Crippen molar-refractivity contribution in [2.75, 3.05) is 32.8 Å². The van der Waals surface area contributed by atoms with E-state index in [4.69, 9.17) is 16.3 Å². The van der Waals surface area contributed by atoms with Gasteiger partial charge >= 0.3 is 0 Å². The summed E-state index contributed by atoms with van der Waals surface area (Å²) in [6.07, 6.45) is 2.07. The van der Waals surface area contributed by atoms with Gasteiger partial charge in [0, 0.05) is 30.6 Å². The van der Waals surface area contributed by atoms with Gasteiger partial charge in [-0.05, 0) is 30.5 Å². The van der Waals surface area contributed by atoms with Gasteiger partial charge in [0.1, 0.15) is 0 Å². The van der Waals surface area contributed by atoms with E-state index in [-0.39, 0.29) is 17.9 Å². The number of hydrogen-bond acceptors (Lipinski definition) is 3. The number of carbonyl (C=O) groups is 1. The van der Waals surface area contributed by atoms with Gasteiger partial charge in [-0.2, -0.15) is 0 Å². The van der Waals surface area contributed by atoms with E-state index < -0.39 is 0 Å².